The van der Waals surface area contributed by atoms with E-state index in [4.69, 9.17) is 28.7 Å². The van der Waals surface area contributed by atoms with Crippen molar-refractivity contribution >= 4 is 100 Å². The van der Waals surface area contributed by atoms with Crippen LogP contribution in [0.1, 0.15) is 69.1 Å². The van der Waals surface area contributed by atoms with Gasteiger partial charge in [0.15, 0.2) is 11.9 Å². The summed E-state index contributed by atoms with van der Waals surface area (Å²) in [6.07, 6.45) is 1.79. The number of aliphatic imine (C=N–C) groups is 2. The number of aliphatic hydroxyl groups excluding tert-OH is 2. The summed E-state index contributed by atoms with van der Waals surface area (Å²) < 4.78 is 0. The van der Waals surface area contributed by atoms with Gasteiger partial charge >= 0.3 is 5.97 Å². The molecule has 2 saturated heterocycles. The predicted octanol–water partition coefficient (Wildman–Crippen LogP) is -4.72. The third kappa shape index (κ3) is 19.3. The number of hydrogen-bond acceptors (Lipinski definition) is 18. The molecule has 3 aliphatic heterocycles. The second-order valence-corrected chi connectivity index (χ2v) is 21.8. The number of rotatable bonds is 32. The van der Waals surface area contributed by atoms with Gasteiger partial charge in [0.2, 0.25) is 47.3 Å². The molecule has 2 aromatic rings. The van der Waals surface area contributed by atoms with Gasteiger partial charge in [0.05, 0.1) is 37.0 Å². The highest BCUT2D eigenvalue weighted by Crippen LogP contribution is 2.34. The Labute approximate surface area is 481 Å². The molecule has 19 N–H and O–H groups in total. The monoisotopic (exact) mass is 1180 g/mol. The highest BCUT2D eigenvalue weighted by atomic mass is 32.2. The van der Waals surface area contributed by atoms with Crippen molar-refractivity contribution in [3.8, 4) is 0 Å². The third-order valence-electron chi connectivity index (χ3n) is 13.8. The van der Waals surface area contributed by atoms with Crippen molar-refractivity contribution in [2.75, 3.05) is 63.1 Å². The number of fused-ring (bicyclic) bond motifs is 1. The first-order chi connectivity index (χ1) is 39.3. The standard InChI is InChI=1S/C51H76N16O13S2/c52-17-4-3-9-29(26-68)60-44(74)31(11-5-18-57-50(53)54)63-46(76)37-14-7-20-65(37)48(78)42-38(70)16-21-66(42)41(72)24-59-43(73)33(23-30-10-8-22-81-30)64-45(75)34(27-69)61-35-28-82-39-15-2-1-13-36(39)67(47(35)77)25-40(71)62-32(49(79)80)12-6-19-58-51(55)56/h1-2,8,10,13,15,22,26,29,31-35,37-38,42,61,69-70H,3-7,9,11-12,14,16-21,23-25,27-28,52H2,(H,59,73)(H,60,74)(H,62,71)(H,63,76)(H,64,75)(H,79,80)(H4,53,54,57)(H4,55,56,58)/t29-,31-,32-,33-,34-,35+,37-,38?,42-/m0/s1. The van der Waals surface area contributed by atoms with Crippen molar-refractivity contribution in [3.63, 3.8) is 0 Å². The van der Waals surface area contributed by atoms with E-state index in [-0.39, 0.29) is 88.8 Å². The number of carboxylic acid groups (broad SMARTS) is 1. The summed E-state index contributed by atoms with van der Waals surface area (Å²) in [6.45, 7) is -1.52. The molecular weight excluding hydrogens is 1110 g/mol. The molecule has 0 bridgehead atoms. The fourth-order valence-corrected chi connectivity index (χ4v) is 11.4. The van der Waals surface area contributed by atoms with Gasteiger partial charge < -0.3 is 90.1 Å². The molecule has 31 heteroatoms. The lowest BCUT2D eigenvalue weighted by atomic mass is 10.1. The number of guanidine groups is 2. The van der Waals surface area contributed by atoms with Gasteiger partial charge in [-0.05, 0) is 94.3 Å². The Hall–Kier alpha value is -7.45. The number of anilines is 1. The molecule has 1 aromatic heterocycles. The van der Waals surface area contributed by atoms with E-state index in [1.54, 1.807) is 41.8 Å². The number of para-hydroxylation sites is 1. The Balaban J connectivity index is 1.24. The molecule has 0 saturated carbocycles. The van der Waals surface area contributed by atoms with Gasteiger partial charge in [0.25, 0.3) is 0 Å². The van der Waals surface area contributed by atoms with Gasteiger partial charge in [-0.3, -0.25) is 53.7 Å². The van der Waals surface area contributed by atoms with Crippen molar-refractivity contribution in [1.82, 2.24) is 41.7 Å². The Bertz CT molecular complexity index is 2610. The van der Waals surface area contributed by atoms with E-state index in [0.717, 1.165) is 9.80 Å². The number of aliphatic carboxylic acids is 1. The fourth-order valence-electron chi connectivity index (χ4n) is 9.57. The second-order valence-electron chi connectivity index (χ2n) is 19.8. The number of aliphatic hydroxyl groups is 2. The largest absolute Gasteiger partial charge is 0.480 e. The topological polar surface area (TPSA) is 468 Å². The molecule has 3 aliphatic rings. The second kappa shape index (κ2) is 32.9. The van der Waals surface area contributed by atoms with Crippen LogP contribution < -0.4 is 65.5 Å². The molecular formula is C51H76N16O13S2. The maximum Gasteiger partial charge on any atom is 0.326 e. The molecule has 450 valence electrons. The lowest BCUT2D eigenvalue weighted by Crippen LogP contribution is -2.60. The highest BCUT2D eigenvalue weighted by Gasteiger charge is 2.47. The van der Waals surface area contributed by atoms with Crippen LogP contribution in [0.15, 0.2) is 56.7 Å². The highest BCUT2D eigenvalue weighted by molar-refractivity contribution is 7.99. The summed E-state index contributed by atoms with van der Waals surface area (Å²) >= 11 is 2.50. The number of aldehydes is 1. The van der Waals surface area contributed by atoms with Crippen LogP contribution >= 0.6 is 23.1 Å². The number of carbonyl (C=O) groups excluding carboxylic acids is 9. The van der Waals surface area contributed by atoms with Crippen LogP contribution in [-0.4, -0.2) is 209 Å². The average Bonchev–Trinajstić information content (AvgIpc) is 4.35. The van der Waals surface area contributed by atoms with Gasteiger partial charge in [0, 0.05) is 48.1 Å². The first-order valence-electron chi connectivity index (χ1n) is 26.9. The molecule has 8 amide bonds. The van der Waals surface area contributed by atoms with Gasteiger partial charge in [-0.1, -0.05) is 18.2 Å². The number of likely N-dealkylation sites (tertiary alicyclic amines) is 2. The summed E-state index contributed by atoms with van der Waals surface area (Å²) in [5.41, 5.74) is 27.5. The number of unbranched alkanes of at least 4 members (excludes halogenated alkanes) is 1. The fraction of sp³-hybridized carbons (Fsp3) is 0.569. The zero-order valence-corrected chi connectivity index (χ0v) is 47.0. The van der Waals surface area contributed by atoms with Gasteiger partial charge in [-0.25, -0.2) is 4.79 Å². The lowest BCUT2D eigenvalue weighted by Gasteiger charge is -2.33. The molecule has 2 fully saturated rings. The molecule has 82 heavy (non-hydrogen) atoms. The number of hydrogen-bond donors (Lipinski definition) is 14. The minimum atomic E-state index is -1.51. The number of amides is 8. The minimum absolute atomic E-state index is 0.0123. The molecule has 1 unspecified atom stereocenters. The van der Waals surface area contributed by atoms with E-state index in [1.165, 1.54) is 28.0 Å². The number of nitrogens with two attached hydrogens (primary N) is 5. The molecule has 0 radical (unpaired) electrons. The Morgan fingerprint density at radius 1 is 0.780 bits per heavy atom. The smallest absolute Gasteiger partial charge is 0.326 e. The van der Waals surface area contributed by atoms with E-state index in [1.807, 2.05) is 0 Å². The Morgan fingerprint density at radius 3 is 2.12 bits per heavy atom. The molecule has 0 spiro atoms. The van der Waals surface area contributed by atoms with E-state index in [0.29, 0.717) is 54.0 Å². The molecule has 9 atom stereocenters. The summed E-state index contributed by atoms with van der Waals surface area (Å²) in [6, 6.07) is 0.170. The van der Waals surface area contributed by atoms with Crippen LogP contribution in [0.5, 0.6) is 0 Å². The maximum absolute atomic E-state index is 14.3. The van der Waals surface area contributed by atoms with Crippen molar-refractivity contribution in [2.24, 2.45) is 38.7 Å². The molecule has 5 rings (SSSR count). The first kappa shape index (κ1) is 65.4. The zero-order valence-electron chi connectivity index (χ0n) is 45.3. The van der Waals surface area contributed by atoms with Crippen LogP contribution in [0.4, 0.5) is 5.69 Å². The molecule has 29 nitrogen and oxygen atoms in total. The van der Waals surface area contributed by atoms with E-state index in [9.17, 15) is 63.3 Å². The number of nitrogens with one attached hydrogen (secondary N) is 6. The first-order valence-corrected chi connectivity index (χ1v) is 28.8. The van der Waals surface area contributed by atoms with Crippen molar-refractivity contribution in [1.29, 1.82) is 0 Å². The van der Waals surface area contributed by atoms with Gasteiger partial charge in [0.1, 0.15) is 49.1 Å². The number of nitrogens with zero attached hydrogens (tertiary/aromatic N) is 5. The van der Waals surface area contributed by atoms with Crippen molar-refractivity contribution in [3.05, 3.63) is 46.7 Å². The van der Waals surface area contributed by atoms with E-state index in [2.05, 4.69) is 41.9 Å². The molecule has 0 aliphatic carbocycles. The number of benzene rings is 1. The van der Waals surface area contributed by atoms with Crippen molar-refractivity contribution in [2.45, 2.75) is 130 Å². The average molecular weight is 1190 g/mol. The van der Waals surface area contributed by atoms with Crippen LogP contribution in [0.2, 0.25) is 0 Å². The zero-order chi connectivity index (χ0) is 59.9. The number of carbonyl (C=O) groups is 10. The SMILES string of the molecule is NCCCC[C@@H](C=O)NC(=O)[C@H](CCCN=C(N)N)NC(=O)[C@@H]1CCCN1C(=O)[C@@H]1C(O)CCN1C(=O)CNC(=O)[C@H](Cc1cccs1)NC(=O)[C@H](CO)N[C@@H]1CSc2ccccc2N(CC(=O)N[C@@H](CCCN=C(N)N)C(=O)O)C1=O. The van der Waals surface area contributed by atoms with Crippen molar-refractivity contribution < 1.29 is 63.3 Å². The number of carboxylic acids is 1. The normalized spacial score (nSPS) is 19.5. The quantitative estimate of drug-likeness (QED) is 0.0142. The summed E-state index contributed by atoms with van der Waals surface area (Å²) in [7, 11) is 0. The van der Waals surface area contributed by atoms with Crippen LogP contribution in [0.25, 0.3) is 0 Å². The Morgan fingerprint density at radius 2 is 1.48 bits per heavy atom. The van der Waals surface area contributed by atoms with Crippen LogP contribution in [0, 0.1) is 0 Å². The molecule has 4 heterocycles. The van der Waals surface area contributed by atoms with Crippen LogP contribution in [0.3, 0.4) is 0 Å². The minimum Gasteiger partial charge on any atom is -0.480 e. The van der Waals surface area contributed by atoms with Gasteiger partial charge in [-0.2, -0.15) is 0 Å². The van der Waals surface area contributed by atoms with Gasteiger partial charge in [-0.15, -0.1) is 23.1 Å². The predicted molar refractivity (Wildman–Crippen MR) is 303 cm³/mol. The maximum atomic E-state index is 14.3. The third-order valence-corrected chi connectivity index (χ3v) is 15.8. The van der Waals surface area contributed by atoms with E-state index >= 15 is 0 Å². The molecule has 1 aromatic carbocycles. The number of thioether (sulfide) groups is 1. The number of thiophene rings is 1. The Kier molecular flexibility index (Phi) is 26.2. The van der Waals surface area contributed by atoms with E-state index < -0.39 is 127 Å². The summed E-state index contributed by atoms with van der Waals surface area (Å²) in [5, 5.41) is 49.2. The van der Waals surface area contributed by atoms with Crippen LogP contribution in [-0.2, 0) is 54.4 Å². The summed E-state index contributed by atoms with van der Waals surface area (Å²) in [5.74, 6) is -7.68. The summed E-state index contributed by atoms with van der Waals surface area (Å²) in [4.78, 5) is 148. The lowest BCUT2D eigenvalue weighted by molar-refractivity contribution is -0.149.